The van der Waals surface area contributed by atoms with Crippen LogP contribution in [0.5, 0.6) is 0 Å². The van der Waals surface area contributed by atoms with Gasteiger partial charge in [-0.15, -0.1) is 0 Å². The van der Waals surface area contributed by atoms with Crippen molar-refractivity contribution in [1.29, 1.82) is 0 Å². The predicted molar refractivity (Wildman–Crippen MR) is 78.3 cm³/mol. The van der Waals surface area contributed by atoms with Gasteiger partial charge in [0.2, 0.25) is 0 Å². The number of aromatic amines is 1. The van der Waals surface area contributed by atoms with Crippen LogP contribution in [-0.4, -0.2) is 46.3 Å². The van der Waals surface area contributed by atoms with Crippen molar-refractivity contribution in [3.63, 3.8) is 0 Å². The summed E-state index contributed by atoms with van der Waals surface area (Å²) in [6, 6.07) is 1.64. The quantitative estimate of drug-likeness (QED) is 0.890. The first kappa shape index (κ1) is 14.4. The third-order valence-electron chi connectivity index (χ3n) is 3.97. The van der Waals surface area contributed by atoms with E-state index in [1.165, 1.54) is 18.9 Å². The van der Waals surface area contributed by atoms with Gasteiger partial charge in [-0.2, -0.15) is 0 Å². The molecule has 2 N–H and O–H groups in total. The summed E-state index contributed by atoms with van der Waals surface area (Å²) in [5.41, 5.74) is 1.05. The topological polar surface area (TPSA) is 91.2 Å². The van der Waals surface area contributed by atoms with E-state index in [0.29, 0.717) is 36.8 Å². The highest BCUT2D eigenvalue weighted by atomic mass is 16.3. The predicted octanol–water partition coefficient (Wildman–Crippen LogP) is 1.28. The highest BCUT2D eigenvalue weighted by molar-refractivity contribution is 5.93. The van der Waals surface area contributed by atoms with E-state index in [4.69, 9.17) is 4.42 Å². The van der Waals surface area contributed by atoms with Crippen LogP contribution in [-0.2, 0) is 0 Å². The van der Waals surface area contributed by atoms with Gasteiger partial charge in [-0.05, 0) is 24.8 Å². The molecule has 0 saturated carbocycles. The molecule has 0 aliphatic carbocycles. The number of furan rings is 1. The standard InChI is InChI=1S/C15H18N4O3/c20-14(12-3-6-22-9-12)17-7-11-1-4-19(5-2-11)15(21)13-8-16-10-18-13/h3,6,8-11H,1-2,4-5,7H2,(H,16,18)(H,17,20). The van der Waals surface area contributed by atoms with Crippen molar-refractivity contribution in [1.82, 2.24) is 20.2 Å². The second-order valence-corrected chi connectivity index (χ2v) is 5.42. The number of piperidine rings is 1. The van der Waals surface area contributed by atoms with Crippen molar-refractivity contribution in [3.05, 3.63) is 42.4 Å². The lowest BCUT2D eigenvalue weighted by Gasteiger charge is -2.31. The maximum atomic E-state index is 12.2. The number of carbonyl (C=O) groups is 2. The zero-order chi connectivity index (χ0) is 15.4. The zero-order valence-corrected chi connectivity index (χ0v) is 12.1. The van der Waals surface area contributed by atoms with Gasteiger partial charge in [-0.1, -0.05) is 0 Å². The molecule has 0 atom stereocenters. The van der Waals surface area contributed by atoms with Gasteiger partial charge in [0.15, 0.2) is 0 Å². The molecule has 3 heterocycles. The van der Waals surface area contributed by atoms with Gasteiger partial charge in [0.25, 0.3) is 11.8 Å². The van der Waals surface area contributed by atoms with Gasteiger partial charge in [0.05, 0.1) is 24.4 Å². The fraction of sp³-hybridized carbons (Fsp3) is 0.400. The first-order valence-electron chi connectivity index (χ1n) is 7.32. The molecule has 22 heavy (non-hydrogen) atoms. The molecule has 0 radical (unpaired) electrons. The number of imidazole rings is 1. The van der Waals surface area contributed by atoms with E-state index < -0.39 is 0 Å². The van der Waals surface area contributed by atoms with Gasteiger partial charge in [-0.3, -0.25) is 9.59 Å². The van der Waals surface area contributed by atoms with Gasteiger partial charge < -0.3 is 19.6 Å². The molecule has 2 amide bonds. The Morgan fingerprint density at radius 2 is 2.23 bits per heavy atom. The fourth-order valence-corrected chi connectivity index (χ4v) is 2.62. The molecule has 2 aromatic rings. The maximum Gasteiger partial charge on any atom is 0.271 e. The molecule has 2 aromatic heterocycles. The fourth-order valence-electron chi connectivity index (χ4n) is 2.62. The van der Waals surface area contributed by atoms with E-state index in [1.54, 1.807) is 12.3 Å². The molecule has 0 bridgehead atoms. The van der Waals surface area contributed by atoms with Gasteiger partial charge in [-0.25, -0.2) is 4.98 Å². The Bertz CT molecular complexity index is 613. The van der Waals surface area contributed by atoms with E-state index >= 15 is 0 Å². The highest BCUT2D eigenvalue weighted by Gasteiger charge is 2.24. The summed E-state index contributed by atoms with van der Waals surface area (Å²) in [5.74, 6) is 0.254. The van der Waals surface area contributed by atoms with Crippen molar-refractivity contribution in [3.8, 4) is 0 Å². The Morgan fingerprint density at radius 1 is 1.41 bits per heavy atom. The third kappa shape index (κ3) is 3.19. The van der Waals surface area contributed by atoms with Gasteiger partial charge >= 0.3 is 0 Å². The summed E-state index contributed by atoms with van der Waals surface area (Å²) in [5, 5.41) is 2.91. The summed E-state index contributed by atoms with van der Waals surface area (Å²) in [6.07, 6.45) is 7.72. The van der Waals surface area contributed by atoms with Crippen LogP contribution < -0.4 is 5.32 Å². The minimum Gasteiger partial charge on any atom is -0.472 e. The van der Waals surface area contributed by atoms with Crippen molar-refractivity contribution >= 4 is 11.8 Å². The summed E-state index contributed by atoms with van der Waals surface area (Å²) in [4.78, 5) is 32.5. The number of hydrogen-bond donors (Lipinski definition) is 2. The number of H-pyrrole nitrogens is 1. The van der Waals surface area contributed by atoms with Crippen molar-refractivity contribution in [2.45, 2.75) is 12.8 Å². The third-order valence-corrected chi connectivity index (χ3v) is 3.97. The molecule has 7 nitrogen and oxygen atoms in total. The van der Waals surface area contributed by atoms with E-state index in [9.17, 15) is 9.59 Å². The normalized spacial score (nSPS) is 15.7. The summed E-state index contributed by atoms with van der Waals surface area (Å²) >= 11 is 0. The Hall–Kier alpha value is -2.57. The van der Waals surface area contributed by atoms with E-state index in [2.05, 4.69) is 15.3 Å². The Labute approximate surface area is 127 Å². The average Bonchev–Trinajstić information content (AvgIpc) is 3.25. The molecule has 1 fully saturated rings. The minimum absolute atomic E-state index is 0.0154. The Balaban J connectivity index is 1.44. The summed E-state index contributed by atoms with van der Waals surface area (Å²) in [7, 11) is 0. The van der Waals surface area contributed by atoms with E-state index in [-0.39, 0.29) is 11.8 Å². The summed E-state index contributed by atoms with van der Waals surface area (Å²) in [6.45, 7) is 2.02. The molecule has 0 unspecified atom stereocenters. The van der Waals surface area contributed by atoms with Crippen LogP contribution in [0.1, 0.15) is 33.7 Å². The molecular formula is C15H18N4O3. The molecule has 3 rings (SSSR count). The largest absolute Gasteiger partial charge is 0.472 e. The monoisotopic (exact) mass is 302 g/mol. The summed E-state index contributed by atoms with van der Waals surface area (Å²) < 4.78 is 4.89. The number of aromatic nitrogens is 2. The Morgan fingerprint density at radius 3 is 2.86 bits per heavy atom. The van der Waals surface area contributed by atoms with Crippen LogP contribution in [0.3, 0.4) is 0 Å². The van der Waals surface area contributed by atoms with Crippen LogP contribution in [0.2, 0.25) is 0 Å². The second kappa shape index (κ2) is 6.46. The molecule has 0 spiro atoms. The molecule has 0 aromatic carbocycles. The number of nitrogens with one attached hydrogen (secondary N) is 2. The smallest absolute Gasteiger partial charge is 0.271 e. The molecular weight excluding hydrogens is 284 g/mol. The lowest BCUT2D eigenvalue weighted by Crippen LogP contribution is -2.41. The van der Waals surface area contributed by atoms with Crippen molar-refractivity contribution in [2.24, 2.45) is 5.92 Å². The van der Waals surface area contributed by atoms with Gasteiger partial charge in [0.1, 0.15) is 12.0 Å². The van der Waals surface area contributed by atoms with Crippen LogP contribution in [0.4, 0.5) is 0 Å². The van der Waals surface area contributed by atoms with E-state index in [0.717, 1.165) is 12.8 Å². The number of nitrogens with zero attached hydrogens (tertiary/aromatic N) is 2. The Kier molecular flexibility index (Phi) is 4.22. The number of carbonyl (C=O) groups excluding carboxylic acids is 2. The number of amides is 2. The van der Waals surface area contributed by atoms with Crippen LogP contribution in [0.25, 0.3) is 0 Å². The molecule has 1 saturated heterocycles. The lowest BCUT2D eigenvalue weighted by atomic mass is 9.96. The first-order chi connectivity index (χ1) is 10.7. The van der Waals surface area contributed by atoms with Crippen LogP contribution in [0, 0.1) is 5.92 Å². The second-order valence-electron chi connectivity index (χ2n) is 5.42. The minimum atomic E-state index is -0.121. The zero-order valence-electron chi connectivity index (χ0n) is 12.1. The molecule has 1 aliphatic rings. The van der Waals surface area contributed by atoms with Crippen molar-refractivity contribution < 1.29 is 14.0 Å². The number of hydrogen-bond acceptors (Lipinski definition) is 4. The number of rotatable bonds is 4. The highest BCUT2D eigenvalue weighted by Crippen LogP contribution is 2.18. The average molecular weight is 302 g/mol. The van der Waals surface area contributed by atoms with E-state index in [1.807, 2.05) is 4.90 Å². The first-order valence-corrected chi connectivity index (χ1v) is 7.32. The number of likely N-dealkylation sites (tertiary alicyclic amines) is 1. The SMILES string of the molecule is O=C(NCC1CCN(C(=O)c2cnc[nH]2)CC1)c1ccoc1. The van der Waals surface area contributed by atoms with Crippen LogP contribution in [0.15, 0.2) is 35.5 Å². The molecule has 1 aliphatic heterocycles. The molecule has 7 heteroatoms. The maximum absolute atomic E-state index is 12.2. The molecule has 116 valence electrons. The lowest BCUT2D eigenvalue weighted by molar-refractivity contribution is 0.0679. The van der Waals surface area contributed by atoms with Crippen molar-refractivity contribution in [2.75, 3.05) is 19.6 Å². The van der Waals surface area contributed by atoms with Gasteiger partial charge in [0, 0.05) is 19.6 Å². The van der Waals surface area contributed by atoms with Crippen LogP contribution >= 0.6 is 0 Å².